The highest BCUT2D eigenvalue weighted by Gasteiger charge is 2.36. The fourth-order valence-electron chi connectivity index (χ4n) is 1.71. The number of nitrogens with zero attached hydrogens (tertiary/aromatic N) is 3. The first-order chi connectivity index (χ1) is 7.41. The number of anilines is 1. The van der Waals surface area contributed by atoms with E-state index in [0.717, 1.165) is 11.3 Å². The first kappa shape index (κ1) is 11.7. The molecule has 0 radical (unpaired) electrons. The van der Waals surface area contributed by atoms with Crippen LogP contribution in [0.1, 0.15) is 13.8 Å². The highest BCUT2D eigenvalue weighted by molar-refractivity contribution is 7.91. The number of nitrogen functional groups attached to an aromatic ring is 1. The Bertz CT molecular complexity index is 474. The fourth-order valence-corrected chi connectivity index (χ4v) is 4.27. The largest absolute Gasteiger partial charge is 0.374 e. The zero-order valence-electron chi connectivity index (χ0n) is 9.12. The molecule has 1 fully saturated rings. The number of hydrogen-bond donors (Lipinski definition) is 1. The Morgan fingerprint density at radius 2 is 1.88 bits per heavy atom. The lowest BCUT2D eigenvalue weighted by Crippen LogP contribution is -2.29. The Morgan fingerprint density at radius 3 is 2.31 bits per heavy atom. The van der Waals surface area contributed by atoms with Crippen LogP contribution < -0.4 is 5.73 Å². The lowest BCUT2D eigenvalue weighted by Gasteiger charge is -2.12. The minimum Gasteiger partial charge on any atom is -0.374 e. The molecule has 2 heterocycles. The van der Waals surface area contributed by atoms with E-state index in [1.807, 2.05) is 0 Å². The zero-order valence-corrected chi connectivity index (χ0v) is 10.8. The van der Waals surface area contributed by atoms with Crippen molar-refractivity contribution in [3.05, 3.63) is 0 Å². The monoisotopic (exact) mass is 262 g/mol. The van der Waals surface area contributed by atoms with E-state index < -0.39 is 10.0 Å². The molecule has 8 heteroatoms. The lowest BCUT2D eigenvalue weighted by molar-refractivity contribution is 0.462. The normalized spacial score (nSPS) is 27.4. The highest BCUT2D eigenvalue weighted by atomic mass is 32.2. The first-order valence-electron chi connectivity index (χ1n) is 5.00. The van der Waals surface area contributed by atoms with Crippen LogP contribution in [0.3, 0.4) is 0 Å². The summed E-state index contributed by atoms with van der Waals surface area (Å²) < 4.78 is 25.7. The quantitative estimate of drug-likeness (QED) is 0.833. The van der Waals surface area contributed by atoms with E-state index in [4.69, 9.17) is 5.73 Å². The Morgan fingerprint density at radius 1 is 1.31 bits per heavy atom. The van der Waals surface area contributed by atoms with Gasteiger partial charge in [0.25, 0.3) is 10.0 Å². The first-order valence-corrected chi connectivity index (χ1v) is 7.26. The molecule has 2 rings (SSSR count). The van der Waals surface area contributed by atoms with Crippen LogP contribution in [0.15, 0.2) is 4.34 Å². The molecule has 0 aromatic carbocycles. The van der Waals surface area contributed by atoms with Crippen molar-refractivity contribution in [2.45, 2.75) is 18.2 Å². The topological polar surface area (TPSA) is 89.2 Å². The van der Waals surface area contributed by atoms with Gasteiger partial charge in [0.1, 0.15) is 0 Å². The minimum absolute atomic E-state index is 0.00806. The molecule has 2 N–H and O–H groups in total. The predicted molar refractivity (Wildman–Crippen MR) is 61.4 cm³/mol. The molecule has 1 aliphatic rings. The van der Waals surface area contributed by atoms with Crippen LogP contribution in [-0.2, 0) is 10.0 Å². The molecule has 1 aromatic rings. The van der Waals surface area contributed by atoms with Crippen LogP contribution in [0, 0.1) is 11.8 Å². The molecular formula is C8H14N4O2S2. The van der Waals surface area contributed by atoms with Crippen molar-refractivity contribution < 1.29 is 8.42 Å². The SMILES string of the molecule is CC1CN(S(=O)(=O)c2nnc(N)s2)CC1C. The van der Waals surface area contributed by atoms with E-state index in [9.17, 15) is 8.42 Å². The second-order valence-electron chi connectivity index (χ2n) is 4.18. The average Bonchev–Trinajstić information content (AvgIpc) is 2.75. The van der Waals surface area contributed by atoms with Gasteiger partial charge in [0.05, 0.1) is 0 Å². The van der Waals surface area contributed by atoms with Crippen LogP contribution in [-0.4, -0.2) is 36.0 Å². The molecule has 90 valence electrons. The molecule has 16 heavy (non-hydrogen) atoms. The average molecular weight is 262 g/mol. The van der Waals surface area contributed by atoms with Gasteiger partial charge in [-0.15, -0.1) is 10.2 Å². The number of sulfonamides is 1. The molecule has 0 bridgehead atoms. The molecule has 0 aliphatic carbocycles. The highest BCUT2D eigenvalue weighted by Crippen LogP contribution is 2.29. The van der Waals surface area contributed by atoms with E-state index in [2.05, 4.69) is 24.0 Å². The summed E-state index contributed by atoms with van der Waals surface area (Å²) in [5, 5.41) is 7.31. The fraction of sp³-hybridized carbons (Fsp3) is 0.750. The van der Waals surface area contributed by atoms with E-state index >= 15 is 0 Å². The molecule has 2 unspecified atom stereocenters. The number of hydrogen-bond acceptors (Lipinski definition) is 6. The second-order valence-corrected chi connectivity index (χ2v) is 7.30. The summed E-state index contributed by atoms with van der Waals surface area (Å²) in [6.45, 7) is 5.19. The molecule has 0 spiro atoms. The van der Waals surface area contributed by atoms with Gasteiger partial charge in [-0.25, -0.2) is 8.42 Å². The third kappa shape index (κ3) is 1.92. The predicted octanol–water partition coefficient (Wildman–Crippen LogP) is 0.397. The summed E-state index contributed by atoms with van der Waals surface area (Å²) in [6, 6.07) is 0. The van der Waals surface area contributed by atoms with Gasteiger partial charge >= 0.3 is 0 Å². The van der Waals surface area contributed by atoms with Gasteiger partial charge in [0.15, 0.2) is 0 Å². The van der Waals surface area contributed by atoms with Gasteiger partial charge in [0, 0.05) is 13.1 Å². The summed E-state index contributed by atoms with van der Waals surface area (Å²) in [5.41, 5.74) is 5.39. The molecule has 6 nitrogen and oxygen atoms in total. The van der Waals surface area contributed by atoms with Gasteiger partial charge in [0.2, 0.25) is 9.47 Å². The number of rotatable bonds is 2. The van der Waals surface area contributed by atoms with Crippen molar-refractivity contribution >= 4 is 26.5 Å². The van der Waals surface area contributed by atoms with Gasteiger partial charge in [-0.3, -0.25) is 0 Å². The smallest absolute Gasteiger partial charge is 0.272 e. The summed E-state index contributed by atoms with van der Waals surface area (Å²) in [7, 11) is -3.49. The second kappa shape index (κ2) is 3.94. The maximum Gasteiger partial charge on any atom is 0.272 e. The van der Waals surface area contributed by atoms with Gasteiger partial charge in [-0.2, -0.15) is 4.31 Å². The van der Waals surface area contributed by atoms with Crippen molar-refractivity contribution in [2.24, 2.45) is 11.8 Å². The summed E-state index contributed by atoms with van der Waals surface area (Å²) in [5.74, 6) is 0.750. The van der Waals surface area contributed by atoms with Gasteiger partial charge in [-0.1, -0.05) is 25.2 Å². The molecule has 0 amide bonds. The van der Waals surface area contributed by atoms with Crippen molar-refractivity contribution in [3.63, 3.8) is 0 Å². The molecule has 1 aromatic heterocycles. The lowest BCUT2D eigenvalue weighted by atomic mass is 10.0. The molecular weight excluding hydrogens is 248 g/mol. The van der Waals surface area contributed by atoms with Gasteiger partial charge < -0.3 is 5.73 Å². The maximum atomic E-state index is 12.1. The van der Waals surface area contributed by atoms with Crippen LogP contribution in [0.4, 0.5) is 5.13 Å². The van der Waals surface area contributed by atoms with Crippen molar-refractivity contribution in [2.75, 3.05) is 18.8 Å². The Balaban J connectivity index is 2.27. The third-order valence-corrected chi connectivity index (χ3v) is 5.87. The molecule has 1 saturated heterocycles. The molecule has 1 aliphatic heterocycles. The summed E-state index contributed by atoms with van der Waals surface area (Å²) in [4.78, 5) is 0. The third-order valence-electron chi connectivity index (χ3n) is 2.94. The minimum atomic E-state index is -3.49. The van der Waals surface area contributed by atoms with E-state index in [0.29, 0.717) is 24.9 Å². The summed E-state index contributed by atoms with van der Waals surface area (Å²) >= 11 is 0.910. The van der Waals surface area contributed by atoms with Crippen LogP contribution in [0.2, 0.25) is 0 Å². The number of aromatic nitrogens is 2. The van der Waals surface area contributed by atoms with Gasteiger partial charge in [-0.05, 0) is 11.8 Å². The van der Waals surface area contributed by atoms with Crippen molar-refractivity contribution in [3.8, 4) is 0 Å². The summed E-state index contributed by atoms with van der Waals surface area (Å²) in [6.07, 6.45) is 0. The van der Waals surface area contributed by atoms with E-state index in [1.54, 1.807) is 0 Å². The molecule has 2 atom stereocenters. The van der Waals surface area contributed by atoms with Crippen molar-refractivity contribution in [1.29, 1.82) is 0 Å². The Hall–Kier alpha value is -0.730. The number of nitrogens with two attached hydrogens (primary N) is 1. The standard InChI is InChI=1S/C8H14N4O2S2/c1-5-3-12(4-6(5)2)16(13,14)8-11-10-7(9)15-8/h5-6H,3-4H2,1-2H3,(H2,9,10). The zero-order chi connectivity index (χ0) is 11.9. The Labute approximate surface area is 98.5 Å². The van der Waals surface area contributed by atoms with Crippen LogP contribution >= 0.6 is 11.3 Å². The van der Waals surface area contributed by atoms with Crippen LogP contribution in [0.25, 0.3) is 0 Å². The van der Waals surface area contributed by atoms with E-state index in [1.165, 1.54) is 4.31 Å². The van der Waals surface area contributed by atoms with Crippen LogP contribution in [0.5, 0.6) is 0 Å². The van der Waals surface area contributed by atoms with E-state index in [-0.39, 0.29) is 9.47 Å². The van der Waals surface area contributed by atoms with Crippen molar-refractivity contribution in [1.82, 2.24) is 14.5 Å². The Kier molecular flexibility index (Phi) is 2.89. The maximum absolute atomic E-state index is 12.1. The molecule has 0 saturated carbocycles.